The van der Waals surface area contributed by atoms with E-state index < -0.39 is 0 Å². The summed E-state index contributed by atoms with van der Waals surface area (Å²) in [6, 6.07) is 13.9. The summed E-state index contributed by atoms with van der Waals surface area (Å²) < 4.78 is 2.04. The number of nitrogens with one attached hydrogen (secondary N) is 1. The fraction of sp³-hybridized carbons (Fsp3) is 0.176. The van der Waals surface area contributed by atoms with Crippen molar-refractivity contribution in [3.05, 3.63) is 66.1 Å². The molecule has 22 heavy (non-hydrogen) atoms. The first-order chi connectivity index (χ1) is 10.7. The average Bonchev–Trinajstić information content (AvgIpc) is 2.93. The zero-order valence-electron chi connectivity index (χ0n) is 12.5. The van der Waals surface area contributed by atoms with Crippen LogP contribution >= 0.6 is 0 Å². The molecule has 112 valence electrons. The molecule has 2 aromatic heterocycles. The van der Waals surface area contributed by atoms with Crippen LogP contribution in [0.2, 0.25) is 0 Å². The van der Waals surface area contributed by atoms with E-state index in [1.165, 1.54) is 5.56 Å². The fourth-order valence-electron chi connectivity index (χ4n) is 2.32. The largest absolute Gasteiger partial charge is 0.370 e. The normalized spacial score (nSPS) is 11.8. The predicted octanol–water partition coefficient (Wildman–Crippen LogP) is 2.61. The quantitative estimate of drug-likeness (QED) is 0.574. The summed E-state index contributed by atoms with van der Waals surface area (Å²) >= 11 is 0. The van der Waals surface area contributed by atoms with Crippen LogP contribution in [0, 0.1) is 6.92 Å². The SMILES string of the molecule is Cc1cccn2cc(CCN=C(N)Nc3ccccc3)nc12. The molecule has 2 heterocycles. The van der Waals surface area contributed by atoms with Crippen molar-refractivity contribution < 1.29 is 0 Å². The van der Waals surface area contributed by atoms with Crippen molar-refractivity contribution in [2.45, 2.75) is 13.3 Å². The highest BCUT2D eigenvalue weighted by molar-refractivity contribution is 5.92. The number of anilines is 1. The lowest BCUT2D eigenvalue weighted by Crippen LogP contribution is -2.23. The molecule has 0 fully saturated rings. The van der Waals surface area contributed by atoms with E-state index in [4.69, 9.17) is 5.73 Å². The Labute approximate surface area is 129 Å². The van der Waals surface area contributed by atoms with Crippen LogP contribution in [-0.2, 0) is 6.42 Å². The number of aryl methyl sites for hydroxylation is 1. The van der Waals surface area contributed by atoms with Gasteiger partial charge in [0, 0.05) is 31.0 Å². The van der Waals surface area contributed by atoms with Crippen LogP contribution in [0.4, 0.5) is 5.69 Å². The van der Waals surface area contributed by atoms with Crippen LogP contribution < -0.4 is 11.1 Å². The molecule has 3 aromatic rings. The van der Waals surface area contributed by atoms with E-state index >= 15 is 0 Å². The lowest BCUT2D eigenvalue weighted by molar-refractivity contribution is 0.934. The van der Waals surface area contributed by atoms with Crippen LogP contribution in [0.3, 0.4) is 0 Å². The number of pyridine rings is 1. The second kappa shape index (κ2) is 6.30. The van der Waals surface area contributed by atoms with Gasteiger partial charge < -0.3 is 15.5 Å². The van der Waals surface area contributed by atoms with Gasteiger partial charge in [-0.1, -0.05) is 24.3 Å². The summed E-state index contributed by atoms with van der Waals surface area (Å²) in [6.07, 6.45) is 4.81. The minimum atomic E-state index is 0.422. The number of nitrogens with zero attached hydrogens (tertiary/aromatic N) is 3. The van der Waals surface area contributed by atoms with Crippen molar-refractivity contribution in [2.24, 2.45) is 10.7 Å². The first-order valence-electron chi connectivity index (χ1n) is 7.27. The molecule has 0 spiro atoms. The van der Waals surface area contributed by atoms with Crippen molar-refractivity contribution in [1.82, 2.24) is 9.38 Å². The minimum Gasteiger partial charge on any atom is -0.370 e. The van der Waals surface area contributed by atoms with Crippen LogP contribution in [0.15, 0.2) is 59.9 Å². The maximum absolute atomic E-state index is 5.88. The van der Waals surface area contributed by atoms with Crippen LogP contribution in [0.25, 0.3) is 5.65 Å². The van der Waals surface area contributed by atoms with Crippen molar-refractivity contribution in [1.29, 1.82) is 0 Å². The van der Waals surface area contributed by atoms with Crippen LogP contribution in [-0.4, -0.2) is 21.9 Å². The van der Waals surface area contributed by atoms with E-state index in [1.807, 2.05) is 53.2 Å². The molecule has 3 N–H and O–H groups in total. The Kier molecular flexibility index (Phi) is 4.05. The molecule has 0 saturated heterocycles. The zero-order valence-corrected chi connectivity index (χ0v) is 12.5. The third kappa shape index (κ3) is 3.25. The number of imidazole rings is 1. The van der Waals surface area contributed by atoms with Crippen molar-refractivity contribution in [2.75, 3.05) is 11.9 Å². The maximum atomic E-state index is 5.88. The predicted molar refractivity (Wildman–Crippen MR) is 90.2 cm³/mol. The Morgan fingerprint density at radius 2 is 2.05 bits per heavy atom. The number of benzene rings is 1. The molecule has 0 saturated carbocycles. The van der Waals surface area contributed by atoms with E-state index in [-0.39, 0.29) is 0 Å². The highest BCUT2D eigenvalue weighted by atomic mass is 15.1. The summed E-state index contributed by atoms with van der Waals surface area (Å²) in [5.41, 5.74) is 10.0. The molecule has 0 aliphatic heterocycles. The monoisotopic (exact) mass is 293 g/mol. The number of fused-ring (bicyclic) bond motifs is 1. The van der Waals surface area contributed by atoms with Gasteiger partial charge in [-0.3, -0.25) is 4.99 Å². The number of rotatable bonds is 4. The zero-order chi connectivity index (χ0) is 15.4. The van der Waals surface area contributed by atoms with Gasteiger partial charge in [0.2, 0.25) is 0 Å². The van der Waals surface area contributed by atoms with Gasteiger partial charge in [0.1, 0.15) is 5.65 Å². The molecule has 0 aliphatic rings. The molecule has 3 rings (SSSR count). The Balaban J connectivity index is 1.61. The highest BCUT2D eigenvalue weighted by Gasteiger charge is 2.03. The van der Waals surface area contributed by atoms with E-state index in [1.54, 1.807) is 0 Å². The molecule has 0 aliphatic carbocycles. The number of nitrogens with two attached hydrogens (primary N) is 1. The minimum absolute atomic E-state index is 0.422. The highest BCUT2D eigenvalue weighted by Crippen LogP contribution is 2.10. The van der Waals surface area contributed by atoms with Gasteiger partial charge in [-0.05, 0) is 30.7 Å². The van der Waals surface area contributed by atoms with Gasteiger partial charge in [-0.15, -0.1) is 0 Å². The molecule has 5 heteroatoms. The maximum Gasteiger partial charge on any atom is 0.193 e. The summed E-state index contributed by atoms with van der Waals surface area (Å²) in [7, 11) is 0. The topological polar surface area (TPSA) is 67.7 Å². The number of guanidine groups is 1. The van der Waals surface area contributed by atoms with Gasteiger partial charge in [0.25, 0.3) is 0 Å². The summed E-state index contributed by atoms with van der Waals surface area (Å²) in [6.45, 7) is 2.67. The van der Waals surface area contributed by atoms with Gasteiger partial charge in [-0.2, -0.15) is 0 Å². The molecule has 0 bridgehead atoms. The standard InChI is InChI=1S/C17H19N5/c1-13-6-5-11-22-12-15(20-16(13)22)9-10-19-17(18)21-14-7-3-2-4-8-14/h2-8,11-12H,9-10H2,1H3,(H3,18,19,21). The molecule has 1 aromatic carbocycles. The molecule has 5 nitrogen and oxygen atoms in total. The second-order valence-electron chi connectivity index (χ2n) is 5.16. The van der Waals surface area contributed by atoms with E-state index in [0.29, 0.717) is 12.5 Å². The van der Waals surface area contributed by atoms with Gasteiger partial charge in [0.05, 0.1) is 5.69 Å². The molecular weight excluding hydrogens is 274 g/mol. The number of hydrogen-bond acceptors (Lipinski definition) is 2. The molecule has 0 atom stereocenters. The first-order valence-corrected chi connectivity index (χ1v) is 7.27. The van der Waals surface area contributed by atoms with Crippen molar-refractivity contribution in [3.63, 3.8) is 0 Å². The van der Waals surface area contributed by atoms with E-state index in [9.17, 15) is 0 Å². The number of aliphatic imine (C=N–C) groups is 1. The van der Waals surface area contributed by atoms with Crippen LogP contribution in [0.5, 0.6) is 0 Å². The molecule has 0 unspecified atom stereocenters. The smallest absolute Gasteiger partial charge is 0.193 e. The van der Waals surface area contributed by atoms with Crippen LogP contribution in [0.1, 0.15) is 11.3 Å². The molecule has 0 amide bonds. The third-order valence-electron chi connectivity index (χ3n) is 3.42. The fourth-order valence-corrected chi connectivity index (χ4v) is 2.32. The van der Waals surface area contributed by atoms with E-state index in [0.717, 1.165) is 23.4 Å². The average molecular weight is 293 g/mol. The van der Waals surface area contributed by atoms with Crippen molar-refractivity contribution >= 4 is 17.3 Å². The van der Waals surface area contributed by atoms with Gasteiger partial charge in [-0.25, -0.2) is 4.98 Å². The van der Waals surface area contributed by atoms with Crippen molar-refractivity contribution in [3.8, 4) is 0 Å². The summed E-state index contributed by atoms with van der Waals surface area (Å²) in [4.78, 5) is 8.97. The summed E-state index contributed by atoms with van der Waals surface area (Å²) in [5, 5.41) is 3.07. The molecular formula is C17H19N5. The lowest BCUT2D eigenvalue weighted by Gasteiger charge is -2.04. The Bertz CT molecular complexity index is 789. The van der Waals surface area contributed by atoms with Gasteiger partial charge in [0.15, 0.2) is 5.96 Å². The Morgan fingerprint density at radius 1 is 1.23 bits per heavy atom. The Morgan fingerprint density at radius 3 is 2.82 bits per heavy atom. The van der Waals surface area contributed by atoms with E-state index in [2.05, 4.69) is 28.3 Å². The molecule has 0 radical (unpaired) electrons. The van der Waals surface area contributed by atoms with Gasteiger partial charge >= 0.3 is 0 Å². The number of para-hydroxylation sites is 1. The first kappa shape index (κ1) is 14.1. The number of hydrogen-bond donors (Lipinski definition) is 2. The lowest BCUT2D eigenvalue weighted by atomic mass is 10.3. The number of aromatic nitrogens is 2. The summed E-state index contributed by atoms with van der Waals surface area (Å²) in [5.74, 6) is 0.422. The second-order valence-corrected chi connectivity index (χ2v) is 5.16. The Hall–Kier alpha value is -2.82. The third-order valence-corrected chi connectivity index (χ3v) is 3.42.